The van der Waals surface area contributed by atoms with E-state index in [0.717, 1.165) is 26.1 Å². The number of rotatable bonds is 5. The summed E-state index contributed by atoms with van der Waals surface area (Å²) in [6, 6.07) is 4.20. The molecule has 1 amide bonds. The number of ether oxygens (including phenoxy) is 2. The maximum absolute atomic E-state index is 12.5. The molecule has 0 aromatic carbocycles. The molecule has 1 N–H and O–H groups in total. The number of thiophene rings is 1. The number of aryl methyl sites for hydroxylation is 1. The van der Waals surface area contributed by atoms with E-state index in [2.05, 4.69) is 27.9 Å². The van der Waals surface area contributed by atoms with Crippen molar-refractivity contribution in [2.45, 2.75) is 18.3 Å². The van der Waals surface area contributed by atoms with E-state index in [1.54, 1.807) is 29.3 Å². The van der Waals surface area contributed by atoms with E-state index in [0.29, 0.717) is 18.0 Å². The Morgan fingerprint density at radius 3 is 2.96 bits per heavy atom. The topological polar surface area (TPSA) is 65.4 Å². The molecule has 1 aliphatic rings. The molecule has 3 heterocycles. The fourth-order valence-corrected chi connectivity index (χ4v) is 3.96. The minimum atomic E-state index is -0.155. The number of aromatic nitrogens is 2. The van der Waals surface area contributed by atoms with E-state index < -0.39 is 0 Å². The van der Waals surface area contributed by atoms with Crippen molar-refractivity contribution in [3.63, 3.8) is 0 Å². The van der Waals surface area contributed by atoms with E-state index in [4.69, 9.17) is 9.47 Å². The van der Waals surface area contributed by atoms with Crippen LogP contribution in [0.15, 0.2) is 23.7 Å². The van der Waals surface area contributed by atoms with Gasteiger partial charge in [-0.1, -0.05) is 6.07 Å². The summed E-state index contributed by atoms with van der Waals surface area (Å²) in [5, 5.41) is 9.27. The molecule has 3 rings (SSSR count). The lowest BCUT2D eigenvalue weighted by molar-refractivity contribution is 0.0498. The van der Waals surface area contributed by atoms with Crippen LogP contribution in [-0.4, -0.2) is 42.6 Å². The Kier molecular flexibility index (Phi) is 4.68. The fourth-order valence-electron chi connectivity index (χ4n) is 2.97. The number of methoxy groups -OCH3 is 1. The molecule has 1 fully saturated rings. The van der Waals surface area contributed by atoms with Gasteiger partial charge in [0.15, 0.2) is 0 Å². The predicted molar refractivity (Wildman–Crippen MR) is 88.1 cm³/mol. The Morgan fingerprint density at radius 2 is 2.30 bits per heavy atom. The van der Waals surface area contributed by atoms with Crippen LogP contribution in [0.3, 0.4) is 0 Å². The number of hydrogen-bond acceptors (Lipinski definition) is 5. The predicted octanol–water partition coefficient (Wildman–Crippen LogP) is 1.97. The van der Waals surface area contributed by atoms with Crippen LogP contribution >= 0.6 is 11.3 Å². The van der Waals surface area contributed by atoms with Gasteiger partial charge in [0.1, 0.15) is 5.56 Å². The van der Waals surface area contributed by atoms with Crippen molar-refractivity contribution in [2.75, 3.05) is 26.9 Å². The zero-order valence-corrected chi connectivity index (χ0v) is 14.2. The molecular weight excluding hydrogens is 314 g/mol. The van der Waals surface area contributed by atoms with Gasteiger partial charge in [-0.15, -0.1) is 16.4 Å². The summed E-state index contributed by atoms with van der Waals surface area (Å²) in [7, 11) is 3.29. The van der Waals surface area contributed by atoms with Crippen molar-refractivity contribution in [3.8, 4) is 5.88 Å². The van der Waals surface area contributed by atoms with E-state index in [9.17, 15) is 4.79 Å². The van der Waals surface area contributed by atoms with Crippen LogP contribution in [0.2, 0.25) is 0 Å². The van der Waals surface area contributed by atoms with Gasteiger partial charge in [-0.05, 0) is 24.3 Å². The molecular formula is C16H21N3O3S. The molecule has 0 saturated carbocycles. The van der Waals surface area contributed by atoms with Gasteiger partial charge in [-0.2, -0.15) is 0 Å². The van der Waals surface area contributed by atoms with Crippen molar-refractivity contribution in [3.05, 3.63) is 34.2 Å². The van der Waals surface area contributed by atoms with Crippen LogP contribution in [0.1, 0.15) is 28.1 Å². The van der Waals surface area contributed by atoms with Crippen molar-refractivity contribution in [1.82, 2.24) is 15.1 Å². The first-order valence-corrected chi connectivity index (χ1v) is 8.50. The molecule has 1 saturated heterocycles. The summed E-state index contributed by atoms with van der Waals surface area (Å²) in [6.07, 6.45) is 3.51. The van der Waals surface area contributed by atoms with Crippen LogP contribution in [0.25, 0.3) is 0 Å². The van der Waals surface area contributed by atoms with Crippen LogP contribution < -0.4 is 10.1 Å². The number of carbonyl (C=O) groups excluding carboxylic acids is 1. The smallest absolute Gasteiger partial charge is 0.258 e. The summed E-state index contributed by atoms with van der Waals surface area (Å²) < 4.78 is 12.3. The van der Waals surface area contributed by atoms with Gasteiger partial charge in [0.05, 0.1) is 7.11 Å². The molecule has 23 heavy (non-hydrogen) atoms. The number of nitrogens with one attached hydrogen (secondary N) is 1. The first-order valence-electron chi connectivity index (χ1n) is 7.62. The molecule has 124 valence electrons. The molecule has 0 aliphatic carbocycles. The van der Waals surface area contributed by atoms with E-state index in [1.807, 2.05) is 0 Å². The molecule has 2 aromatic rings. The lowest BCUT2D eigenvalue weighted by atomic mass is 9.78. The zero-order chi connectivity index (χ0) is 16.3. The van der Waals surface area contributed by atoms with Crippen LogP contribution in [0.4, 0.5) is 0 Å². The van der Waals surface area contributed by atoms with E-state index in [1.165, 1.54) is 12.0 Å². The Morgan fingerprint density at radius 1 is 1.52 bits per heavy atom. The zero-order valence-electron chi connectivity index (χ0n) is 13.4. The second-order valence-electron chi connectivity index (χ2n) is 5.78. The highest BCUT2D eigenvalue weighted by atomic mass is 32.1. The molecule has 0 spiro atoms. The Hall–Kier alpha value is -1.86. The second kappa shape index (κ2) is 6.72. The third kappa shape index (κ3) is 3.25. The summed E-state index contributed by atoms with van der Waals surface area (Å²) >= 11 is 1.74. The first-order chi connectivity index (χ1) is 11.1. The quantitative estimate of drug-likeness (QED) is 0.907. The minimum Gasteiger partial charge on any atom is -0.479 e. The standard InChI is InChI=1S/C16H21N3O3S/c1-19-10-12(15(18-19)21-2)14(20)17-11-16(5-7-22-8-6-16)13-4-3-9-23-13/h3-4,9-10H,5-8,11H2,1-2H3,(H,17,20). The molecule has 2 aromatic heterocycles. The largest absolute Gasteiger partial charge is 0.479 e. The fraction of sp³-hybridized carbons (Fsp3) is 0.500. The number of carbonyl (C=O) groups is 1. The van der Waals surface area contributed by atoms with Crippen molar-refractivity contribution >= 4 is 17.2 Å². The lowest BCUT2D eigenvalue weighted by Crippen LogP contribution is -2.44. The lowest BCUT2D eigenvalue weighted by Gasteiger charge is -2.36. The van der Waals surface area contributed by atoms with Gasteiger partial charge in [-0.25, -0.2) is 0 Å². The van der Waals surface area contributed by atoms with Gasteiger partial charge in [0.2, 0.25) is 5.88 Å². The third-order valence-corrected chi connectivity index (χ3v) is 5.43. The maximum atomic E-state index is 12.5. The number of nitrogens with zero attached hydrogens (tertiary/aromatic N) is 2. The maximum Gasteiger partial charge on any atom is 0.258 e. The van der Waals surface area contributed by atoms with Crippen molar-refractivity contribution in [1.29, 1.82) is 0 Å². The summed E-state index contributed by atoms with van der Waals surface area (Å²) in [5.41, 5.74) is 0.417. The molecule has 0 unspecified atom stereocenters. The Balaban J connectivity index is 1.75. The average Bonchev–Trinajstić information content (AvgIpc) is 3.23. The van der Waals surface area contributed by atoms with Crippen LogP contribution in [0.5, 0.6) is 5.88 Å². The van der Waals surface area contributed by atoms with Crippen LogP contribution in [-0.2, 0) is 17.2 Å². The summed E-state index contributed by atoms with van der Waals surface area (Å²) in [6.45, 7) is 2.04. The minimum absolute atomic E-state index is 0.0441. The summed E-state index contributed by atoms with van der Waals surface area (Å²) in [5.74, 6) is 0.194. The number of hydrogen-bond donors (Lipinski definition) is 1. The average molecular weight is 335 g/mol. The molecule has 0 atom stereocenters. The van der Waals surface area contributed by atoms with Crippen LogP contribution in [0, 0.1) is 0 Å². The Labute approximate surface area is 139 Å². The van der Waals surface area contributed by atoms with Gasteiger partial charge in [0, 0.05) is 43.3 Å². The van der Waals surface area contributed by atoms with Gasteiger partial charge in [0.25, 0.3) is 5.91 Å². The highest BCUT2D eigenvalue weighted by Crippen LogP contribution is 2.37. The van der Waals surface area contributed by atoms with Gasteiger partial charge >= 0.3 is 0 Å². The van der Waals surface area contributed by atoms with Gasteiger partial charge in [-0.3, -0.25) is 9.48 Å². The van der Waals surface area contributed by atoms with Crippen molar-refractivity contribution in [2.24, 2.45) is 7.05 Å². The number of amides is 1. The monoisotopic (exact) mass is 335 g/mol. The molecule has 6 nitrogen and oxygen atoms in total. The first kappa shape index (κ1) is 16.0. The van der Waals surface area contributed by atoms with E-state index >= 15 is 0 Å². The molecule has 0 radical (unpaired) electrons. The molecule has 1 aliphatic heterocycles. The molecule has 7 heteroatoms. The third-order valence-electron chi connectivity index (χ3n) is 4.31. The Bertz CT molecular complexity index is 660. The normalized spacial score (nSPS) is 17.0. The molecule has 0 bridgehead atoms. The SMILES string of the molecule is COc1nn(C)cc1C(=O)NCC1(c2cccs2)CCOCC1. The van der Waals surface area contributed by atoms with Crippen molar-refractivity contribution < 1.29 is 14.3 Å². The second-order valence-corrected chi connectivity index (χ2v) is 6.73. The highest BCUT2D eigenvalue weighted by Gasteiger charge is 2.36. The summed E-state index contributed by atoms with van der Waals surface area (Å²) in [4.78, 5) is 13.8. The van der Waals surface area contributed by atoms with Gasteiger partial charge < -0.3 is 14.8 Å². The van der Waals surface area contributed by atoms with E-state index in [-0.39, 0.29) is 11.3 Å². The highest BCUT2D eigenvalue weighted by molar-refractivity contribution is 7.10.